The number of rotatable bonds is 7. The van der Waals surface area contributed by atoms with Crippen LogP contribution in [0.3, 0.4) is 0 Å². The molecule has 2 heterocycles. The summed E-state index contributed by atoms with van der Waals surface area (Å²) in [7, 11) is 1.63. The number of fused-ring (bicyclic) bond motifs is 3. The first-order chi connectivity index (χ1) is 16.0. The summed E-state index contributed by atoms with van der Waals surface area (Å²) in [5.74, 6) is 0.585. The summed E-state index contributed by atoms with van der Waals surface area (Å²) in [6.07, 6.45) is 2.05. The number of aryl methyl sites for hydroxylation is 1. The number of ether oxygens (including phenoxy) is 1. The highest BCUT2D eigenvalue weighted by Gasteiger charge is 2.24. The van der Waals surface area contributed by atoms with Gasteiger partial charge in [0.25, 0.3) is 5.91 Å². The fourth-order valence-corrected chi connectivity index (χ4v) is 4.44. The standard InChI is InChI=1S/C24H23N5O3S/c1-14-10-21-27-28-24(29(21)20-12-18(32-2)8-9-19(14)20)33-13-22(30)25-17-5-3-4-15(11-17)23(31)26-16-6-7-16/h3-5,8-12,16H,6-7,13H2,1-2H3,(H,25,30)(H,26,31). The lowest BCUT2D eigenvalue weighted by Crippen LogP contribution is -2.25. The number of benzene rings is 2. The molecule has 0 spiro atoms. The van der Waals surface area contributed by atoms with Gasteiger partial charge in [0.15, 0.2) is 10.8 Å². The molecule has 1 aliphatic carbocycles. The Morgan fingerprint density at radius 3 is 2.79 bits per heavy atom. The Bertz CT molecular complexity index is 1380. The molecule has 1 aliphatic rings. The fraction of sp³-hybridized carbons (Fsp3) is 0.250. The first-order valence-corrected chi connectivity index (χ1v) is 11.7. The molecular weight excluding hydrogens is 438 g/mol. The number of methoxy groups -OCH3 is 1. The number of aromatic nitrogens is 3. The van der Waals surface area contributed by atoms with Crippen molar-refractivity contribution in [3.05, 3.63) is 59.7 Å². The second kappa shape index (κ2) is 8.74. The molecule has 2 amide bonds. The van der Waals surface area contributed by atoms with E-state index in [9.17, 15) is 9.59 Å². The topological polar surface area (TPSA) is 97.6 Å². The average Bonchev–Trinajstić information content (AvgIpc) is 3.54. The van der Waals surface area contributed by atoms with Crippen molar-refractivity contribution in [1.29, 1.82) is 0 Å². The molecule has 2 N–H and O–H groups in total. The first-order valence-electron chi connectivity index (χ1n) is 10.7. The Kier molecular flexibility index (Phi) is 5.63. The Morgan fingerprint density at radius 2 is 2.00 bits per heavy atom. The molecule has 5 rings (SSSR count). The minimum Gasteiger partial charge on any atom is -0.497 e. The maximum Gasteiger partial charge on any atom is 0.251 e. The van der Waals surface area contributed by atoms with Gasteiger partial charge in [-0.15, -0.1) is 10.2 Å². The van der Waals surface area contributed by atoms with Crippen LogP contribution in [-0.2, 0) is 4.79 Å². The van der Waals surface area contributed by atoms with Gasteiger partial charge in [0, 0.05) is 28.7 Å². The molecule has 0 aliphatic heterocycles. The lowest BCUT2D eigenvalue weighted by molar-refractivity contribution is -0.113. The van der Waals surface area contributed by atoms with E-state index in [0.29, 0.717) is 22.1 Å². The van der Waals surface area contributed by atoms with Crippen molar-refractivity contribution >= 4 is 45.8 Å². The van der Waals surface area contributed by atoms with Crippen LogP contribution in [-0.4, -0.2) is 45.3 Å². The number of hydrogen-bond acceptors (Lipinski definition) is 6. The quantitative estimate of drug-likeness (QED) is 0.406. The number of carbonyl (C=O) groups excluding carboxylic acids is 2. The smallest absolute Gasteiger partial charge is 0.251 e. The maximum atomic E-state index is 12.6. The second-order valence-corrected chi connectivity index (χ2v) is 8.99. The van der Waals surface area contributed by atoms with Gasteiger partial charge >= 0.3 is 0 Å². The minimum atomic E-state index is -0.189. The van der Waals surface area contributed by atoms with E-state index in [0.717, 1.165) is 35.1 Å². The molecule has 0 saturated heterocycles. The lowest BCUT2D eigenvalue weighted by Gasteiger charge is -2.10. The van der Waals surface area contributed by atoms with Crippen LogP contribution >= 0.6 is 11.8 Å². The molecule has 168 valence electrons. The first kappa shape index (κ1) is 21.3. The van der Waals surface area contributed by atoms with Crippen molar-refractivity contribution in [2.24, 2.45) is 0 Å². The number of nitrogens with zero attached hydrogens (tertiary/aromatic N) is 3. The van der Waals surface area contributed by atoms with Gasteiger partial charge < -0.3 is 15.4 Å². The zero-order chi connectivity index (χ0) is 22.9. The number of nitrogens with one attached hydrogen (secondary N) is 2. The van der Waals surface area contributed by atoms with Crippen molar-refractivity contribution in [2.45, 2.75) is 31.0 Å². The molecule has 9 heteroatoms. The van der Waals surface area contributed by atoms with E-state index in [1.54, 1.807) is 31.4 Å². The summed E-state index contributed by atoms with van der Waals surface area (Å²) in [6, 6.07) is 15.1. The summed E-state index contributed by atoms with van der Waals surface area (Å²) in [5, 5.41) is 16.1. The summed E-state index contributed by atoms with van der Waals surface area (Å²) < 4.78 is 7.33. The molecule has 8 nitrogen and oxygen atoms in total. The average molecular weight is 462 g/mol. The molecule has 2 aromatic heterocycles. The SMILES string of the molecule is COc1ccc2c(C)cc3nnc(SCC(=O)Nc4cccc(C(=O)NC5CC5)c4)n3c2c1. The molecule has 4 aromatic rings. The van der Waals surface area contributed by atoms with Gasteiger partial charge in [-0.3, -0.25) is 14.0 Å². The summed E-state index contributed by atoms with van der Waals surface area (Å²) in [4.78, 5) is 24.9. The van der Waals surface area contributed by atoms with Crippen molar-refractivity contribution in [3.63, 3.8) is 0 Å². The minimum absolute atomic E-state index is 0.115. The van der Waals surface area contributed by atoms with E-state index < -0.39 is 0 Å². The third-order valence-corrected chi connectivity index (χ3v) is 6.46. The van der Waals surface area contributed by atoms with E-state index in [1.165, 1.54) is 11.8 Å². The zero-order valence-electron chi connectivity index (χ0n) is 18.3. The highest BCUT2D eigenvalue weighted by molar-refractivity contribution is 7.99. The molecule has 1 fully saturated rings. The van der Waals surface area contributed by atoms with E-state index >= 15 is 0 Å². The van der Waals surface area contributed by atoms with Crippen LogP contribution in [0.4, 0.5) is 5.69 Å². The predicted octanol–water partition coefficient (Wildman–Crippen LogP) is 3.82. The van der Waals surface area contributed by atoms with Gasteiger partial charge in [0.2, 0.25) is 5.91 Å². The lowest BCUT2D eigenvalue weighted by atomic mass is 10.1. The van der Waals surface area contributed by atoms with Gasteiger partial charge in [-0.2, -0.15) is 0 Å². The predicted molar refractivity (Wildman–Crippen MR) is 128 cm³/mol. The Hall–Kier alpha value is -3.59. The molecule has 1 saturated carbocycles. The van der Waals surface area contributed by atoms with Crippen LogP contribution < -0.4 is 15.4 Å². The maximum absolute atomic E-state index is 12.6. The molecule has 0 atom stereocenters. The zero-order valence-corrected chi connectivity index (χ0v) is 19.1. The van der Waals surface area contributed by atoms with Crippen LogP contribution in [0.1, 0.15) is 28.8 Å². The molecule has 33 heavy (non-hydrogen) atoms. The van der Waals surface area contributed by atoms with Crippen molar-refractivity contribution in [1.82, 2.24) is 19.9 Å². The van der Waals surface area contributed by atoms with E-state index in [-0.39, 0.29) is 23.6 Å². The van der Waals surface area contributed by atoms with Crippen LogP contribution in [0.15, 0.2) is 53.7 Å². The van der Waals surface area contributed by atoms with Crippen LogP contribution in [0.2, 0.25) is 0 Å². The molecular formula is C24H23N5O3S. The van der Waals surface area contributed by atoms with E-state index in [1.807, 2.05) is 35.6 Å². The van der Waals surface area contributed by atoms with Crippen LogP contribution in [0.5, 0.6) is 5.75 Å². The molecule has 0 unspecified atom stereocenters. The largest absolute Gasteiger partial charge is 0.497 e. The van der Waals surface area contributed by atoms with Crippen molar-refractivity contribution in [3.8, 4) is 5.75 Å². The highest BCUT2D eigenvalue weighted by atomic mass is 32.2. The van der Waals surface area contributed by atoms with Gasteiger partial charge in [-0.1, -0.05) is 17.8 Å². The fourth-order valence-electron chi connectivity index (χ4n) is 3.68. The number of anilines is 1. The van der Waals surface area contributed by atoms with Crippen LogP contribution in [0.25, 0.3) is 16.6 Å². The van der Waals surface area contributed by atoms with Gasteiger partial charge in [0.1, 0.15) is 5.75 Å². The van der Waals surface area contributed by atoms with Gasteiger partial charge in [0.05, 0.1) is 18.4 Å². The number of thioether (sulfide) groups is 1. The van der Waals surface area contributed by atoms with E-state index in [4.69, 9.17) is 4.74 Å². The van der Waals surface area contributed by atoms with Crippen LogP contribution in [0, 0.1) is 6.92 Å². The summed E-state index contributed by atoms with van der Waals surface area (Å²) >= 11 is 1.30. The van der Waals surface area contributed by atoms with Gasteiger partial charge in [-0.05, 0) is 61.7 Å². The Labute approximate surface area is 194 Å². The van der Waals surface area contributed by atoms with E-state index in [2.05, 4.69) is 20.8 Å². The molecule has 2 aromatic carbocycles. The second-order valence-electron chi connectivity index (χ2n) is 8.05. The van der Waals surface area contributed by atoms with Gasteiger partial charge in [-0.25, -0.2) is 0 Å². The Morgan fingerprint density at radius 1 is 1.15 bits per heavy atom. The number of carbonyl (C=O) groups is 2. The normalized spacial score (nSPS) is 13.3. The Balaban J connectivity index is 1.32. The molecule has 0 bridgehead atoms. The van der Waals surface area contributed by atoms with Crippen molar-refractivity contribution < 1.29 is 14.3 Å². The monoisotopic (exact) mass is 461 g/mol. The summed E-state index contributed by atoms with van der Waals surface area (Å²) in [6.45, 7) is 2.03. The highest BCUT2D eigenvalue weighted by Crippen LogP contribution is 2.28. The molecule has 0 radical (unpaired) electrons. The van der Waals surface area contributed by atoms with Crippen molar-refractivity contribution in [2.75, 3.05) is 18.2 Å². The third-order valence-electron chi connectivity index (χ3n) is 5.53. The number of hydrogen-bond donors (Lipinski definition) is 2. The number of amides is 2. The summed E-state index contributed by atoms with van der Waals surface area (Å²) in [5.41, 5.74) is 3.84. The third kappa shape index (κ3) is 4.49. The number of pyridine rings is 1.